The van der Waals surface area contributed by atoms with Gasteiger partial charge in [0.25, 0.3) is 5.91 Å². The minimum atomic E-state index is -4.34. The van der Waals surface area contributed by atoms with Crippen LogP contribution in [-0.4, -0.2) is 47.0 Å². The number of benzene rings is 2. The molecule has 33 heavy (non-hydrogen) atoms. The number of para-hydroxylation sites is 1. The number of amides is 1. The lowest BCUT2D eigenvalue weighted by atomic mass is 10.1. The molecule has 1 heterocycles. The van der Waals surface area contributed by atoms with Crippen molar-refractivity contribution in [2.75, 3.05) is 19.8 Å². The molecule has 0 fully saturated rings. The van der Waals surface area contributed by atoms with Gasteiger partial charge >= 0.3 is 6.18 Å². The van der Waals surface area contributed by atoms with Crippen LogP contribution in [0, 0.1) is 0 Å². The number of carbonyl (C=O) groups is 1. The third-order valence-corrected chi connectivity index (χ3v) is 4.76. The van der Waals surface area contributed by atoms with E-state index in [1.807, 2.05) is 5.48 Å². The summed E-state index contributed by atoms with van der Waals surface area (Å²) in [5.74, 6) is 0.180. The van der Waals surface area contributed by atoms with Crippen molar-refractivity contribution in [2.24, 2.45) is 0 Å². The van der Waals surface area contributed by atoms with Gasteiger partial charge in [-0.25, -0.2) is 4.98 Å². The molecule has 3 rings (SSSR count). The van der Waals surface area contributed by atoms with Crippen LogP contribution in [0.5, 0.6) is 11.5 Å². The average molecular weight is 479 g/mol. The number of fused-ring (bicyclic) bond motifs is 1. The molecule has 0 aliphatic heterocycles. The van der Waals surface area contributed by atoms with Crippen LogP contribution in [0.3, 0.4) is 0 Å². The first-order valence-electron chi connectivity index (χ1n) is 9.81. The van der Waals surface area contributed by atoms with Gasteiger partial charge in [-0.05, 0) is 36.4 Å². The number of hydroxylamine groups is 1. The standard InChI is InChI=1S/C22H20F3N3O4S/c23-22(24,25)9-11-32-19-13-18(27-17-4-2-1-3-16(17)19)20(29)26-10-12-31-15-7-5-14(6-8-15)21(33)28-30/h1-8,13,30H,9-12H2,(H,26,29)(H,28,33). The second kappa shape index (κ2) is 10.9. The normalized spacial score (nSPS) is 11.2. The van der Waals surface area contributed by atoms with Gasteiger partial charge in [0.05, 0.1) is 25.1 Å². The molecule has 0 saturated heterocycles. The van der Waals surface area contributed by atoms with Crippen LogP contribution in [-0.2, 0) is 0 Å². The van der Waals surface area contributed by atoms with Gasteiger partial charge in [-0.2, -0.15) is 13.2 Å². The van der Waals surface area contributed by atoms with E-state index in [1.54, 1.807) is 48.5 Å². The zero-order valence-electron chi connectivity index (χ0n) is 17.2. The van der Waals surface area contributed by atoms with Crippen LogP contribution < -0.4 is 20.3 Å². The number of aromatic nitrogens is 1. The van der Waals surface area contributed by atoms with Gasteiger partial charge in [0.2, 0.25) is 0 Å². The summed E-state index contributed by atoms with van der Waals surface area (Å²) in [6.07, 6.45) is -5.45. The Balaban J connectivity index is 1.59. The smallest absolute Gasteiger partial charge is 0.392 e. The van der Waals surface area contributed by atoms with Crippen molar-refractivity contribution >= 4 is 34.0 Å². The number of ether oxygens (including phenoxy) is 2. The molecular formula is C22H20F3N3O4S. The summed E-state index contributed by atoms with van der Waals surface area (Å²) in [7, 11) is 0. The minimum Gasteiger partial charge on any atom is -0.492 e. The number of rotatable bonds is 9. The maximum absolute atomic E-state index is 12.5. The third-order valence-electron chi connectivity index (χ3n) is 4.43. The maximum atomic E-state index is 12.5. The largest absolute Gasteiger partial charge is 0.492 e. The van der Waals surface area contributed by atoms with Gasteiger partial charge in [-0.3, -0.25) is 15.5 Å². The molecule has 174 valence electrons. The SMILES string of the molecule is O=C(NCCOc1ccc(C(=S)NO)cc1)c1cc(OCCC(F)(F)F)c2ccccc2n1. The Hall–Kier alpha value is -3.44. The Morgan fingerprint density at radius 1 is 1.06 bits per heavy atom. The van der Waals surface area contributed by atoms with E-state index >= 15 is 0 Å². The number of hydrogen-bond acceptors (Lipinski definition) is 6. The highest BCUT2D eigenvalue weighted by Crippen LogP contribution is 2.27. The number of halogens is 3. The number of thiocarbonyl (C=S) groups is 1. The van der Waals surface area contributed by atoms with Crippen molar-refractivity contribution in [2.45, 2.75) is 12.6 Å². The van der Waals surface area contributed by atoms with Crippen LogP contribution >= 0.6 is 12.2 Å². The zero-order chi connectivity index (χ0) is 23.8. The van der Waals surface area contributed by atoms with Crippen molar-refractivity contribution in [3.8, 4) is 11.5 Å². The van der Waals surface area contributed by atoms with Gasteiger partial charge in [0.15, 0.2) is 0 Å². The lowest BCUT2D eigenvalue weighted by Crippen LogP contribution is -2.29. The fraction of sp³-hybridized carbons (Fsp3) is 0.227. The summed E-state index contributed by atoms with van der Waals surface area (Å²) in [5.41, 5.74) is 2.95. The Bertz CT molecular complexity index is 1120. The number of nitrogens with one attached hydrogen (secondary N) is 2. The van der Waals surface area contributed by atoms with E-state index < -0.39 is 25.1 Å². The van der Waals surface area contributed by atoms with E-state index in [9.17, 15) is 18.0 Å². The molecule has 7 nitrogen and oxygen atoms in total. The first-order valence-corrected chi connectivity index (χ1v) is 10.2. The summed E-state index contributed by atoms with van der Waals surface area (Å²) in [4.78, 5) is 17.0. The quantitative estimate of drug-likeness (QED) is 0.242. The number of hydrogen-bond donors (Lipinski definition) is 3. The van der Waals surface area contributed by atoms with E-state index in [0.29, 0.717) is 22.2 Å². The minimum absolute atomic E-state index is 0.0186. The highest BCUT2D eigenvalue weighted by atomic mass is 32.1. The van der Waals surface area contributed by atoms with Gasteiger partial charge in [0, 0.05) is 17.0 Å². The van der Waals surface area contributed by atoms with E-state index in [2.05, 4.69) is 10.3 Å². The molecule has 0 radical (unpaired) electrons. The van der Waals surface area contributed by atoms with Crippen LogP contribution in [0.2, 0.25) is 0 Å². The van der Waals surface area contributed by atoms with Crippen molar-refractivity contribution in [1.82, 2.24) is 15.8 Å². The molecule has 0 atom stereocenters. The van der Waals surface area contributed by atoms with E-state index in [4.69, 9.17) is 26.9 Å². The number of nitrogens with zero attached hydrogens (tertiary/aromatic N) is 1. The lowest BCUT2D eigenvalue weighted by Gasteiger charge is -2.13. The van der Waals surface area contributed by atoms with Crippen molar-refractivity contribution in [3.63, 3.8) is 0 Å². The van der Waals surface area contributed by atoms with E-state index in [0.717, 1.165) is 0 Å². The highest BCUT2D eigenvalue weighted by Gasteiger charge is 2.27. The first-order chi connectivity index (χ1) is 15.8. The molecule has 11 heteroatoms. The van der Waals surface area contributed by atoms with Crippen molar-refractivity contribution < 1.29 is 32.6 Å². The van der Waals surface area contributed by atoms with Gasteiger partial charge in [-0.15, -0.1) is 0 Å². The molecule has 0 spiro atoms. The molecule has 0 bridgehead atoms. The first kappa shape index (κ1) is 24.2. The van der Waals surface area contributed by atoms with Crippen LogP contribution in [0.25, 0.3) is 10.9 Å². The molecule has 0 saturated carbocycles. The third kappa shape index (κ3) is 7.02. The van der Waals surface area contributed by atoms with E-state index in [-0.39, 0.29) is 29.6 Å². The van der Waals surface area contributed by atoms with Gasteiger partial charge in [-0.1, -0.05) is 24.4 Å². The van der Waals surface area contributed by atoms with Crippen molar-refractivity contribution in [1.29, 1.82) is 0 Å². The molecule has 1 aromatic heterocycles. The second-order valence-electron chi connectivity index (χ2n) is 6.81. The lowest BCUT2D eigenvalue weighted by molar-refractivity contribution is -0.139. The predicted octanol–water partition coefficient (Wildman–Crippen LogP) is 4.03. The second-order valence-corrected chi connectivity index (χ2v) is 7.21. The topological polar surface area (TPSA) is 92.7 Å². The Morgan fingerprint density at radius 2 is 1.79 bits per heavy atom. The Labute approximate surface area is 192 Å². The molecule has 3 aromatic rings. The summed E-state index contributed by atoms with van der Waals surface area (Å²) >= 11 is 4.91. The van der Waals surface area contributed by atoms with Crippen LogP contribution in [0.4, 0.5) is 13.2 Å². The molecular weight excluding hydrogens is 459 g/mol. The number of pyridine rings is 1. The van der Waals surface area contributed by atoms with Crippen LogP contribution in [0.1, 0.15) is 22.5 Å². The number of carbonyl (C=O) groups excluding carboxylic acids is 1. The van der Waals surface area contributed by atoms with Gasteiger partial charge < -0.3 is 14.8 Å². The Morgan fingerprint density at radius 3 is 2.48 bits per heavy atom. The fourth-order valence-electron chi connectivity index (χ4n) is 2.85. The molecule has 2 aromatic carbocycles. The summed E-state index contributed by atoms with van der Waals surface area (Å²) in [5, 5.41) is 12.0. The highest BCUT2D eigenvalue weighted by molar-refractivity contribution is 7.80. The molecule has 0 aliphatic rings. The van der Waals surface area contributed by atoms with E-state index in [1.165, 1.54) is 6.07 Å². The molecule has 0 aliphatic carbocycles. The van der Waals surface area contributed by atoms with Crippen molar-refractivity contribution in [3.05, 3.63) is 65.9 Å². The van der Waals surface area contributed by atoms with Gasteiger partial charge in [0.1, 0.15) is 28.8 Å². The fourth-order valence-corrected chi connectivity index (χ4v) is 2.98. The molecule has 3 N–H and O–H groups in total. The zero-order valence-corrected chi connectivity index (χ0v) is 18.0. The summed E-state index contributed by atoms with van der Waals surface area (Å²) in [6.45, 7) is -0.240. The Kier molecular flexibility index (Phi) is 8.01. The maximum Gasteiger partial charge on any atom is 0.392 e. The molecule has 1 amide bonds. The summed E-state index contributed by atoms with van der Waals surface area (Å²) < 4.78 is 48.2. The average Bonchev–Trinajstić information content (AvgIpc) is 2.80. The predicted molar refractivity (Wildman–Crippen MR) is 119 cm³/mol. The van der Waals surface area contributed by atoms with Crippen LogP contribution in [0.15, 0.2) is 54.6 Å². The molecule has 0 unspecified atom stereocenters. The monoisotopic (exact) mass is 479 g/mol. The number of alkyl halides is 3. The summed E-state index contributed by atoms with van der Waals surface area (Å²) in [6, 6.07) is 14.7.